The maximum absolute atomic E-state index is 14.5. The molecule has 1 amide bonds. The second kappa shape index (κ2) is 6.37. The Kier molecular flexibility index (Phi) is 4.36. The Morgan fingerprint density at radius 3 is 2.54 bits per heavy atom. The molecule has 26 heavy (non-hydrogen) atoms. The number of anilines is 1. The third kappa shape index (κ3) is 2.87. The van der Waals surface area contributed by atoms with Crippen molar-refractivity contribution >= 4 is 23.0 Å². The lowest BCUT2D eigenvalue weighted by atomic mass is 9.96. The van der Waals surface area contributed by atoms with Crippen molar-refractivity contribution in [1.82, 2.24) is 0 Å². The van der Waals surface area contributed by atoms with Crippen LogP contribution >= 0.6 is 0 Å². The van der Waals surface area contributed by atoms with Gasteiger partial charge in [-0.1, -0.05) is 23.4 Å². The molecule has 1 aliphatic rings. The van der Waals surface area contributed by atoms with Crippen LogP contribution in [-0.4, -0.2) is 35.1 Å². The maximum atomic E-state index is 14.5. The zero-order valence-electron chi connectivity index (χ0n) is 15.1. The molecule has 1 heterocycles. The molecular formula is C20H20FN3O2. The summed E-state index contributed by atoms with van der Waals surface area (Å²) in [5.74, 6) is -0.603. The molecule has 2 aromatic rings. The minimum Gasteiger partial charge on any atom is -0.411 e. The van der Waals surface area contributed by atoms with Crippen LogP contribution in [0.2, 0.25) is 0 Å². The van der Waals surface area contributed by atoms with Gasteiger partial charge in [-0.3, -0.25) is 9.79 Å². The van der Waals surface area contributed by atoms with Gasteiger partial charge in [-0.05, 0) is 50.6 Å². The first kappa shape index (κ1) is 17.8. The van der Waals surface area contributed by atoms with Gasteiger partial charge in [-0.25, -0.2) is 4.39 Å². The first-order valence-corrected chi connectivity index (χ1v) is 8.22. The molecule has 3 rings (SSSR count). The molecule has 0 aromatic heterocycles. The van der Waals surface area contributed by atoms with E-state index in [9.17, 15) is 9.18 Å². The summed E-state index contributed by atoms with van der Waals surface area (Å²) in [5.41, 5.74) is 1.98. The van der Waals surface area contributed by atoms with Crippen LogP contribution < -0.4 is 4.90 Å². The summed E-state index contributed by atoms with van der Waals surface area (Å²) in [4.78, 5) is 19.0. The van der Waals surface area contributed by atoms with E-state index in [-0.39, 0.29) is 5.91 Å². The molecule has 0 radical (unpaired) electrons. The normalized spacial score (nSPS) is 16.8. The van der Waals surface area contributed by atoms with Crippen molar-refractivity contribution in [3.63, 3.8) is 0 Å². The maximum Gasteiger partial charge on any atom is 0.254 e. The van der Waals surface area contributed by atoms with Crippen molar-refractivity contribution in [2.75, 3.05) is 11.9 Å². The summed E-state index contributed by atoms with van der Waals surface area (Å²) in [7, 11) is 1.68. The van der Waals surface area contributed by atoms with Crippen LogP contribution in [0.15, 0.2) is 52.6 Å². The van der Waals surface area contributed by atoms with Crippen LogP contribution in [0, 0.1) is 5.82 Å². The van der Waals surface area contributed by atoms with E-state index in [4.69, 9.17) is 5.21 Å². The topological polar surface area (TPSA) is 65.3 Å². The highest BCUT2D eigenvalue weighted by Gasteiger charge is 2.36. The van der Waals surface area contributed by atoms with Crippen molar-refractivity contribution in [2.45, 2.75) is 26.3 Å². The fourth-order valence-corrected chi connectivity index (χ4v) is 3.07. The lowest BCUT2D eigenvalue weighted by molar-refractivity contribution is -0.122. The summed E-state index contributed by atoms with van der Waals surface area (Å²) in [6.45, 7) is 5.08. The van der Waals surface area contributed by atoms with E-state index in [1.807, 2.05) is 0 Å². The van der Waals surface area contributed by atoms with Gasteiger partial charge in [0.2, 0.25) is 0 Å². The Hall–Kier alpha value is -3.02. The Balaban J connectivity index is 2.36. The zero-order valence-corrected chi connectivity index (χ0v) is 15.1. The average Bonchev–Trinajstić information content (AvgIpc) is 2.70. The molecule has 1 aliphatic heterocycles. The molecule has 0 saturated heterocycles. The van der Waals surface area contributed by atoms with E-state index in [0.29, 0.717) is 33.8 Å². The number of nitrogens with zero attached hydrogens (tertiary/aromatic N) is 3. The highest BCUT2D eigenvalue weighted by Crippen LogP contribution is 2.32. The number of oxime groups is 1. The molecule has 6 heteroatoms. The number of halogens is 1. The molecule has 0 fully saturated rings. The molecule has 0 atom stereocenters. The molecule has 0 unspecified atom stereocenters. The van der Waals surface area contributed by atoms with Gasteiger partial charge in [-0.2, -0.15) is 0 Å². The van der Waals surface area contributed by atoms with E-state index in [2.05, 4.69) is 10.1 Å². The Labute approximate surface area is 151 Å². The van der Waals surface area contributed by atoms with E-state index < -0.39 is 11.4 Å². The highest BCUT2D eigenvalue weighted by molar-refractivity contribution is 6.21. The van der Waals surface area contributed by atoms with E-state index in [1.54, 1.807) is 64.2 Å². The smallest absolute Gasteiger partial charge is 0.254 e. The van der Waals surface area contributed by atoms with Gasteiger partial charge in [0.05, 0.1) is 17.1 Å². The Morgan fingerprint density at radius 1 is 1.19 bits per heavy atom. The zero-order chi connectivity index (χ0) is 19.1. The number of rotatable bonds is 2. The molecule has 2 aromatic carbocycles. The van der Waals surface area contributed by atoms with Crippen LogP contribution in [0.5, 0.6) is 0 Å². The highest BCUT2D eigenvalue weighted by atomic mass is 19.1. The van der Waals surface area contributed by atoms with Crippen LogP contribution in [0.4, 0.5) is 10.1 Å². The van der Waals surface area contributed by atoms with Crippen LogP contribution in [0.1, 0.15) is 37.5 Å². The van der Waals surface area contributed by atoms with Crippen molar-refractivity contribution in [3.8, 4) is 0 Å². The summed E-state index contributed by atoms with van der Waals surface area (Å²) in [6, 6.07) is 11.6. The van der Waals surface area contributed by atoms with E-state index >= 15 is 0 Å². The predicted molar refractivity (Wildman–Crippen MR) is 100.0 cm³/mol. The number of aliphatic imine (C=N–C) groups is 1. The number of benzodiazepines with no additional fused rings is 1. The van der Waals surface area contributed by atoms with Gasteiger partial charge in [-0.15, -0.1) is 0 Å². The lowest BCUT2D eigenvalue weighted by Gasteiger charge is -2.24. The van der Waals surface area contributed by atoms with E-state index in [0.717, 1.165) is 0 Å². The van der Waals surface area contributed by atoms with Crippen LogP contribution in [0.25, 0.3) is 0 Å². The molecule has 0 aliphatic carbocycles. The van der Waals surface area contributed by atoms with Crippen molar-refractivity contribution in [3.05, 3.63) is 65.0 Å². The minimum absolute atomic E-state index is 0.189. The molecule has 0 saturated carbocycles. The second-order valence-corrected chi connectivity index (χ2v) is 6.78. The second-order valence-electron chi connectivity index (χ2n) is 6.78. The minimum atomic E-state index is -1.05. The number of carbonyl (C=O) groups excluding carboxylic acids is 1. The van der Waals surface area contributed by atoms with Gasteiger partial charge >= 0.3 is 0 Å². The largest absolute Gasteiger partial charge is 0.411 e. The number of benzene rings is 2. The van der Waals surface area contributed by atoms with Gasteiger partial charge < -0.3 is 10.1 Å². The molecule has 134 valence electrons. The Bertz CT molecular complexity index is 948. The molecule has 0 bridgehead atoms. The standard InChI is InChI=1S/C20H20FN3O2/c1-12(23-26)13-9-10-17-15(11-13)18(14-7-5-6-8-16(14)21)22-20(2,3)19(25)24(17)4/h5-11,26H,1-4H3. The Morgan fingerprint density at radius 2 is 1.88 bits per heavy atom. The number of fused-ring (bicyclic) bond motifs is 1. The summed E-state index contributed by atoms with van der Waals surface area (Å²) < 4.78 is 14.5. The van der Waals surface area contributed by atoms with Crippen LogP contribution in [0.3, 0.4) is 0 Å². The van der Waals surface area contributed by atoms with E-state index in [1.165, 1.54) is 11.0 Å². The first-order chi connectivity index (χ1) is 12.3. The fraction of sp³-hybridized carbons (Fsp3) is 0.250. The number of likely N-dealkylation sites (N-methyl/N-ethyl adjacent to an activating group) is 1. The first-order valence-electron chi connectivity index (χ1n) is 8.22. The number of amides is 1. The van der Waals surface area contributed by atoms with Gasteiger partial charge in [0.15, 0.2) is 0 Å². The number of hydrogen-bond acceptors (Lipinski definition) is 4. The van der Waals surface area contributed by atoms with Crippen molar-refractivity contribution < 1.29 is 14.4 Å². The predicted octanol–water partition coefficient (Wildman–Crippen LogP) is 3.62. The third-order valence-corrected chi connectivity index (χ3v) is 4.53. The molecule has 0 spiro atoms. The monoisotopic (exact) mass is 353 g/mol. The van der Waals surface area contributed by atoms with Gasteiger partial charge in [0, 0.05) is 18.2 Å². The average molecular weight is 353 g/mol. The quantitative estimate of drug-likeness (QED) is 0.509. The fourth-order valence-electron chi connectivity index (χ4n) is 3.07. The number of carbonyl (C=O) groups is 1. The lowest BCUT2D eigenvalue weighted by Crippen LogP contribution is -2.41. The summed E-state index contributed by atoms with van der Waals surface area (Å²) >= 11 is 0. The van der Waals surface area contributed by atoms with Gasteiger partial charge in [0.25, 0.3) is 5.91 Å². The molecular weight excluding hydrogens is 333 g/mol. The number of hydrogen-bond donors (Lipinski definition) is 1. The van der Waals surface area contributed by atoms with Crippen molar-refractivity contribution in [2.24, 2.45) is 10.1 Å². The van der Waals surface area contributed by atoms with Crippen molar-refractivity contribution in [1.29, 1.82) is 0 Å². The molecule has 1 N–H and O–H groups in total. The summed E-state index contributed by atoms with van der Waals surface area (Å²) in [6.07, 6.45) is 0. The van der Waals surface area contributed by atoms with Gasteiger partial charge in [0.1, 0.15) is 11.4 Å². The molecule has 5 nitrogen and oxygen atoms in total. The summed E-state index contributed by atoms with van der Waals surface area (Å²) in [5, 5.41) is 12.3. The third-order valence-electron chi connectivity index (χ3n) is 4.53. The van der Waals surface area contributed by atoms with Crippen LogP contribution in [-0.2, 0) is 4.79 Å². The SMILES string of the molecule is CC(=NO)c1ccc2c(c1)C(c1ccccc1F)=NC(C)(C)C(=O)N2C.